The zero-order chi connectivity index (χ0) is 6.41. The number of hydrogen-bond donors (Lipinski definition) is 0. The molecule has 48 valence electrons. The first kappa shape index (κ1) is 12.5. The van der Waals surface area contributed by atoms with Gasteiger partial charge in [0.1, 0.15) is 0 Å². The van der Waals surface area contributed by atoms with Crippen LogP contribution in [0.15, 0.2) is 0 Å². The van der Waals surface area contributed by atoms with E-state index in [0.29, 0.717) is 12.8 Å². The summed E-state index contributed by atoms with van der Waals surface area (Å²) >= 11 is 0. The van der Waals surface area contributed by atoms with E-state index in [2.05, 4.69) is 4.74 Å². The molecule has 0 N–H and O–H groups in total. The van der Waals surface area contributed by atoms with Crippen molar-refractivity contribution in [1.29, 1.82) is 0 Å². The molecule has 4 heteroatoms. The van der Waals surface area contributed by atoms with Gasteiger partial charge >= 0.3 is 63.8 Å². The summed E-state index contributed by atoms with van der Waals surface area (Å²) in [6.45, 7) is 1.99. The second-order valence-corrected chi connectivity index (χ2v) is 1.34. The Morgan fingerprint density at radius 1 is 1.67 bits per heavy atom. The van der Waals surface area contributed by atoms with E-state index >= 15 is 0 Å². The summed E-state index contributed by atoms with van der Waals surface area (Å²) in [6, 6.07) is 0. The Kier molecular flexibility index (Phi) is 12.1. The molecule has 9 heavy (non-hydrogen) atoms. The van der Waals surface area contributed by atoms with Crippen molar-refractivity contribution in [3.8, 4) is 0 Å². The van der Waals surface area contributed by atoms with Gasteiger partial charge in [-0.15, -0.1) is 0 Å². The third-order valence-corrected chi connectivity index (χ3v) is 0.634. The van der Waals surface area contributed by atoms with Crippen molar-refractivity contribution in [2.45, 2.75) is 19.8 Å². The molecule has 0 amide bonds. The van der Waals surface area contributed by atoms with Gasteiger partial charge in [0.2, 0.25) is 0 Å². The van der Waals surface area contributed by atoms with E-state index in [1.165, 1.54) is 0 Å². The van der Waals surface area contributed by atoms with Gasteiger partial charge in [-0.3, -0.25) is 9.59 Å². The van der Waals surface area contributed by atoms with E-state index in [4.69, 9.17) is 0 Å². The summed E-state index contributed by atoms with van der Waals surface area (Å²) in [5.41, 5.74) is 0. The molecular formula is C5H9KO3. The predicted molar refractivity (Wildman–Crippen MR) is 34.2 cm³/mol. The van der Waals surface area contributed by atoms with Gasteiger partial charge in [-0.2, -0.15) is 0 Å². The molecule has 0 saturated carbocycles. The number of esters is 1. The van der Waals surface area contributed by atoms with Crippen molar-refractivity contribution < 1.29 is 14.3 Å². The fourth-order valence-electron chi connectivity index (χ4n) is 0.317. The third-order valence-electron chi connectivity index (χ3n) is 0.634. The van der Waals surface area contributed by atoms with Crippen LogP contribution in [-0.4, -0.2) is 63.8 Å². The third kappa shape index (κ3) is 8.78. The van der Waals surface area contributed by atoms with Gasteiger partial charge in [0.05, 0.1) is 0 Å². The number of ether oxygens (including phenoxy) is 1. The first-order valence-electron chi connectivity index (χ1n) is 2.44. The summed E-state index contributed by atoms with van der Waals surface area (Å²) in [4.78, 5) is 19.6. The molecule has 3 nitrogen and oxygen atoms in total. The molecule has 0 aromatic rings. The molecule has 0 aliphatic carbocycles. The van der Waals surface area contributed by atoms with Crippen molar-refractivity contribution in [3.05, 3.63) is 0 Å². The summed E-state index contributed by atoms with van der Waals surface area (Å²) in [5, 5.41) is 0. The van der Waals surface area contributed by atoms with E-state index in [1.54, 1.807) is 0 Å². The van der Waals surface area contributed by atoms with Crippen LogP contribution in [0.3, 0.4) is 0 Å². The average molecular weight is 156 g/mol. The van der Waals surface area contributed by atoms with Crippen LogP contribution in [0, 0.1) is 0 Å². The number of rotatable bonds is 3. The molecule has 0 aliphatic heterocycles. The maximum absolute atomic E-state index is 10.2. The second-order valence-electron chi connectivity index (χ2n) is 1.34. The number of carbonyl (C=O) groups excluding carboxylic acids is 2. The zero-order valence-corrected chi connectivity index (χ0v) is 4.72. The van der Waals surface area contributed by atoms with Gasteiger partial charge in [-0.25, -0.2) is 0 Å². The van der Waals surface area contributed by atoms with Crippen molar-refractivity contribution in [2.75, 3.05) is 0 Å². The maximum atomic E-state index is 10.2. The molecule has 0 spiro atoms. The Morgan fingerprint density at radius 3 is 2.56 bits per heavy atom. The molecule has 0 saturated heterocycles. The fourth-order valence-corrected chi connectivity index (χ4v) is 0.317. The van der Waals surface area contributed by atoms with Crippen molar-refractivity contribution >= 4 is 63.8 Å². The van der Waals surface area contributed by atoms with Gasteiger partial charge in [0, 0.05) is 6.42 Å². The molecule has 0 rings (SSSR count). The predicted octanol–water partition coefficient (Wildman–Crippen LogP) is -0.162. The number of hydrogen-bond acceptors (Lipinski definition) is 3. The minimum absolute atomic E-state index is 0. The van der Waals surface area contributed by atoms with Gasteiger partial charge in [0.25, 0.3) is 0 Å². The minimum atomic E-state index is -0.456. The van der Waals surface area contributed by atoms with Crippen LogP contribution in [0.5, 0.6) is 0 Å². The Hall–Kier alpha value is 0.776. The normalized spacial score (nSPS) is 7.22. The molecule has 0 unspecified atom stereocenters. The summed E-state index contributed by atoms with van der Waals surface area (Å²) in [6.07, 6.45) is 1.03. The van der Waals surface area contributed by atoms with E-state index in [-0.39, 0.29) is 57.9 Å². The molecule has 0 aromatic carbocycles. The Balaban J connectivity index is 0. The molecule has 0 radical (unpaired) electrons. The van der Waals surface area contributed by atoms with Crippen LogP contribution in [-0.2, 0) is 14.3 Å². The Morgan fingerprint density at radius 2 is 2.22 bits per heavy atom. The van der Waals surface area contributed by atoms with E-state index < -0.39 is 5.97 Å². The SMILES string of the molecule is CCCC(=O)OC=O.[KH]. The van der Waals surface area contributed by atoms with Crippen molar-refractivity contribution in [3.63, 3.8) is 0 Å². The Labute approximate surface area is 96.6 Å². The topological polar surface area (TPSA) is 43.4 Å². The molecule has 0 aliphatic rings. The fraction of sp³-hybridized carbons (Fsp3) is 0.600. The van der Waals surface area contributed by atoms with Crippen LogP contribution in [0.2, 0.25) is 0 Å². The van der Waals surface area contributed by atoms with Crippen LogP contribution >= 0.6 is 0 Å². The molecule has 0 fully saturated rings. The molecule has 0 heterocycles. The van der Waals surface area contributed by atoms with Gasteiger partial charge in [-0.05, 0) is 6.42 Å². The van der Waals surface area contributed by atoms with Crippen LogP contribution in [0.1, 0.15) is 19.8 Å². The van der Waals surface area contributed by atoms with Gasteiger partial charge < -0.3 is 4.74 Å². The molecule has 0 atom stereocenters. The van der Waals surface area contributed by atoms with Crippen LogP contribution in [0.25, 0.3) is 0 Å². The van der Waals surface area contributed by atoms with E-state index in [0.717, 1.165) is 0 Å². The van der Waals surface area contributed by atoms with Gasteiger partial charge in [0.15, 0.2) is 0 Å². The first-order chi connectivity index (χ1) is 3.81. The average Bonchev–Trinajstić information content (AvgIpc) is 1.68. The monoisotopic (exact) mass is 156 g/mol. The van der Waals surface area contributed by atoms with Gasteiger partial charge in [-0.1, -0.05) is 6.92 Å². The van der Waals surface area contributed by atoms with E-state index in [9.17, 15) is 9.59 Å². The molecule has 0 aromatic heterocycles. The van der Waals surface area contributed by atoms with Crippen molar-refractivity contribution in [1.82, 2.24) is 0 Å². The first-order valence-corrected chi connectivity index (χ1v) is 2.44. The number of carbonyl (C=O) groups is 2. The standard InChI is InChI=1S/C5H8O3.K.H/c1-2-3-5(7)8-4-6;;/h4H,2-3H2,1H3;;. The quantitative estimate of drug-likeness (QED) is 0.247. The van der Waals surface area contributed by atoms with Crippen LogP contribution in [0.4, 0.5) is 0 Å². The van der Waals surface area contributed by atoms with E-state index in [1.807, 2.05) is 6.92 Å². The summed E-state index contributed by atoms with van der Waals surface area (Å²) < 4.78 is 3.96. The van der Waals surface area contributed by atoms with Crippen LogP contribution < -0.4 is 0 Å². The molecule has 0 bridgehead atoms. The zero-order valence-electron chi connectivity index (χ0n) is 4.72. The summed E-state index contributed by atoms with van der Waals surface area (Å²) in [7, 11) is 0. The second kappa shape index (κ2) is 8.78. The Bertz CT molecular complexity index is 92.2. The van der Waals surface area contributed by atoms with Crippen molar-refractivity contribution in [2.24, 2.45) is 0 Å². The molecular weight excluding hydrogens is 147 g/mol. The summed E-state index contributed by atoms with van der Waals surface area (Å²) in [5.74, 6) is -0.456.